The zero-order chi connectivity index (χ0) is 21.7. The van der Waals surface area contributed by atoms with Gasteiger partial charge in [-0.25, -0.2) is 0 Å². The van der Waals surface area contributed by atoms with E-state index in [0.717, 1.165) is 18.4 Å². The van der Waals surface area contributed by atoms with Crippen molar-refractivity contribution in [1.29, 1.82) is 0 Å². The first-order chi connectivity index (χ1) is 14.7. The predicted molar refractivity (Wildman–Crippen MR) is 131 cm³/mol. The maximum Gasteiger partial charge on any atom is 0.306 e. The SMILES string of the molecule is CCCCCCCCCCCCOC(=O)CCSCCC(=O)OCc1ccccc1.[Ca]. The Balaban J connectivity index is 0.00000900. The van der Waals surface area contributed by atoms with Crippen LogP contribution in [0.5, 0.6) is 0 Å². The Labute approximate surface area is 223 Å². The summed E-state index contributed by atoms with van der Waals surface area (Å²) >= 11 is 1.59. The molecule has 31 heavy (non-hydrogen) atoms. The Hall–Kier alpha value is -0.230. The molecule has 0 aliphatic carbocycles. The minimum absolute atomic E-state index is 0. The molecule has 0 amide bonds. The Bertz CT molecular complexity index is 554. The number of esters is 2. The molecule has 0 aromatic heterocycles. The van der Waals surface area contributed by atoms with Crippen molar-refractivity contribution in [1.82, 2.24) is 0 Å². The van der Waals surface area contributed by atoms with Crippen LogP contribution in [0.1, 0.15) is 89.5 Å². The number of carbonyl (C=O) groups excluding carboxylic acids is 2. The number of thioether (sulfide) groups is 1. The average molecular weight is 477 g/mol. The molecule has 4 nitrogen and oxygen atoms in total. The molecule has 0 N–H and O–H groups in total. The van der Waals surface area contributed by atoms with Gasteiger partial charge in [-0.1, -0.05) is 95.0 Å². The summed E-state index contributed by atoms with van der Waals surface area (Å²) in [6, 6.07) is 9.65. The van der Waals surface area contributed by atoms with Gasteiger partial charge in [0.2, 0.25) is 0 Å². The minimum atomic E-state index is -0.199. The van der Waals surface area contributed by atoms with E-state index in [2.05, 4.69) is 6.92 Å². The summed E-state index contributed by atoms with van der Waals surface area (Å²) in [4.78, 5) is 23.4. The second kappa shape index (κ2) is 22.9. The van der Waals surface area contributed by atoms with Gasteiger partial charge >= 0.3 is 11.9 Å². The van der Waals surface area contributed by atoms with Crippen LogP contribution in [0.25, 0.3) is 0 Å². The number of carbonyl (C=O) groups is 2. The van der Waals surface area contributed by atoms with Gasteiger partial charge in [0.25, 0.3) is 0 Å². The van der Waals surface area contributed by atoms with Gasteiger partial charge in [0, 0.05) is 49.2 Å². The Morgan fingerprint density at radius 3 is 1.84 bits per heavy atom. The monoisotopic (exact) mass is 476 g/mol. The molecule has 0 saturated carbocycles. The van der Waals surface area contributed by atoms with Gasteiger partial charge in [-0.05, 0) is 12.0 Å². The zero-order valence-corrected chi connectivity index (χ0v) is 22.5. The molecule has 0 fully saturated rings. The van der Waals surface area contributed by atoms with E-state index in [9.17, 15) is 9.59 Å². The van der Waals surface area contributed by atoms with Crippen molar-refractivity contribution in [3.8, 4) is 0 Å². The van der Waals surface area contributed by atoms with Crippen LogP contribution in [0.15, 0.2) is 30.3 Å². The van der Waals surface area contributed by atoms with Crippen molar-refractivity contribution in [2.45, 2.75) is 90.6 Å². The minimum Gasteiger partial charge on any atom is -0.466 e. The van der Waals surface area contributed by atoms with Gasteiger partial charge in [0.1, 0.15) is 6.61 Å². The summed E-state index contributed by atoms with van der Waals surface area (Å²) in [5, 5.41) is 0. The summed E-state index contributed by atoms with van der Waals surface area (Å²) in [5.41, 5.74) is 0.989. The first kappa shape index (κ1) is 30.8. The zero-order valence-electron chi connectivity index (χ0n) is 19.4. The molecule has 0 heterocycles. The van der Waals surface area contributed by atoms with Gasteiger partial charge in [-0.2, -0.15) is 11.8 Å². The molecular weight excluding hydrogens is 436 g/mol. The molecule has 0 aliphatic heterocycles. The molecule has 0 atom stereocenters. The number of hydrogen-bond donors (Lipinski definition) is 0. The van der Waals surface area contributed by atoms with E-state index in [4.69, 9.17) is 9.47 Å². The molecule has 6 heteroatoms. The average Bonchev–Trinajstić information content (AvgIpc) is 2.76. The van der Waals surface area contributed by atoms with Crippen LogP contribution in [0.2, 0.25) is 0 Å². The maximum atomic E-state index is 11.7. The fourth-order valence-electron chi connectivity index (χ4n) is 3.07. The second-order valence-electron chi connectivity index (χ2n) is 7.66. The molecule has 0 bridgehead atoms. The van der Waals surface area contributed by atoms with E-state index < -0.39 is 0 Å². The third-order valence-corrected chi connectivity index (χ3v) is 5.89. The van der Waals surface area contributed by atoms with E-state index in [-0.39, 0.29) is 49.7 Å². The molecule has 1 aromatic rings. The van der Waals surface area contributed by atoms with Crippen molar-refractivity contribution in [2.75, 3.05) is 18.1 Å². The van der Waals surface area contributed by atoms with Crippen LogP contribution in [0.4, 0.5) is 0 Å². The number of ether oxygens (including phenoxy) is 2. The van der Waals surface area contributed by atoms with E-state index in [0.29, 0.717) is 37.6 Å². The number of unbranched alkanes of at least 4 members (excludes halogenated alkanes) is 9. The standard InChI is InChI=1S/C25H40O4S.Ca/c1-2-3-4-5-6-7-8-9-10-14-19-28-24(26)17-20-30-21-18-25(27)29-22-23-15-12-11-13-16-23;/h11-13,15-16H,2-10,14,17-22H2,1H3;. The molecule has 0 unspecified atom stereocenters. The normalized spacial score (nSPS) is 10.4. The van der Waals surface area contributed by atoms with Crippen LogP contribution in [0.3, 0.4) is 0 Å². The summed E-state index contributed by atoms with van der Waals surface area (Å²) in [7, 11) is 0. The van der Waals surface area contributed by atoms with Gasteiger partial charge in [-0.3, -0.25) is 9.59 Å². The number of benzene rings is 1. The smallest absolute Gasteiger partial charge is 0.306 e. The van der Waals surface area contributed by atoms with Gasteiger partial charge in [0.05, 0.1) is 19.4 Å². The Morgan fingerprint density at radius 2 is 1.26 bits per heavy atom. The van der Waals surface area contributed by atoms with Crippen LogP contribution in [0, 0.1) is 0 Å². The third kappa shape index (κ3) is 20.1. The van der Waals surface area contributed by atoms with Crippen molar-refractivity contribution < 1.29 is 19.1 Å². The quantitative estimate of drug-likeness (QED) is 0.133. The van der Waals surface area contributed by atoms with Gasteiger partial charge < -0.3 is 9.47 Å². The molecule has 1 rings (SSSR count). The van der Waals surface area contributed by atoms with E-state index >= 15 is 0 Å². The topological polar surface area (TPSA) is 52.6 Å². The molecular formula is C25H40CaO4S. The molecule has 0 spiro atoms. The molecule has 1 aromatic carbocycles. The fourth-order valence-corrected chi connectivity index (χ4v) is 3.90. The Kier molecular flexibility index (Phi) is 22.8. The number of hydrogen-bond acceptors (Lipinski definition) is 5. The predicted octanol–water partition coefficient (Wildman–Crippen LogP) is 6.33. The Morgan fingerprint density at radius 1 is 0.742 bits per heavy atom. The van der Waals surface area contributed by atoms with Crippen LogP contribution in [-0.4, -0.2) is 67.8 Å². The third-order valence-electron chi connectivity index (χ3n) is 4.90. The maximum absolute atomic E-state index is 11.7. The van der Waals surface area contributed by atoms with Crippen molar-refractivity contribution in [3.05, 3.63) is 35.9 Å². The van der Waals surface area contributed by atoms with Gasteiger partial charge in [-0.15, -0.1) is 0 Å². The van der Waals surface area contributed by atoms with E-state index in [1.807, 2.05) is 30.3 Å². The van der Waals surface area contributed by atoms with Crippen molar-refractivity contribution in [3.63, 3.8) is 0 Å². The first-order valence-electron chi connectivity index (χ1n) is 11.6. The largest absolute Gasteiger partial charge is 0.466 e. The van der Waals surface area contributed by atoms with Crippen molar-refractivity contribution in [2.24, 2.45) is 0 Å². The summed E-state index contributed by atoms with van der Waals surface area (Å²) in [6.07, 6.45) is 13.5. The molecule has 0 saturated heterocycles. The number of rotatable bonds is 19. The van der Waals surface area contributed by atoms with Crippen LogP contribution >= 0.6 is 11.8 Å². The first-order valence-corrected chi connectivity index (χ1v) is 12.8. The van der Waals surface area contributed by atoms with E-state index in [1.165, 1.54) is 51.4 Å². The van der Waals surface area contributed by atoms with Crippen molar-refractivity contribution >= 4 is 61.4 Å². The summed E-state index contributed by atoms with van der Waals surface area (Å²) in [5.74, 6) is 1.02. The second-order valence-corrected chi connectivity index (χ2v) is 8.89. The van der Waals surface area contributed by atoms with Crippen LogP contribution in [-0.2, 0) is 25.7 Å². The molecule has 0 aliphatic rings. The summed E-state index contributed by atoms with van der Waals surface area (Å²) in [6.45, 7) is 3.10. The van der Waals surface area contributed by atoms with E-state index in [1.54, 1.807) is 11.8 Å². The fraction of sp³-hybridized carbons (Fsp3) is 0.680. The molecule has 172 valence electrons. The van der Waals surface area contributed by atoms with Crippen LogP contribution < -0.4 is 0 Å². The van der Waals surface area contributed by atoms with Gasteiger partial charge in [0.15, 0.2) is 0 Å². The molecule has 2 radical (unpaired) electrons. The summed E-state index contributed by atoms with van der Waals surface area (Å²) < 4.78 is 10.5.